The highest BCUT2D eigenvalue weighted by Gasteiger charge is 2.32. The number of amides is 1. The zero-order valence-corrected chi connectivity index (χ0v) is 20.9. The van der Waals surface area contributed by atoms with E-state index in [0.717, 1.165) is 16.1 Å². The number of piperazine rings is 1. The van der Waals surface area contributed by atoms with Gasteiger partial charge in [-0.25, -0.2) is 12.8 Å². The minimum absolute atomic E-state index is 0.148. The van der Waals surface area contributed by atoms with Crippen molar-refractivity contribution in [1.29, 1.82) is 0 Å². The summed E-state index contributed by atoms with van der Waals surface area (Å²) in [5, 5.41) is 0. The van der Waals surface area contributed by atoms with Crippen molar-refractivity contribution in [1.82, 2.24) is 4.90 Å². The zero-order valence-electron chi connectivity index (χ0n) is 20.1. The first-order chi connectivity index (χ1) is 17.3. The lowest BCUT2D eigenvalue weighted by molar-refractivity contribution is -0.129. The summed E-state index contributed by atoms with van der Waals surface area (Å²) in [6, 6.07) is 19.5. The lowest BCUT2D eigenvalue weighted by Gasteiger charge is -2.37. The number of rotatable bonds is 8. The van der Waals surface area contributed by atoms with Gasteiger partial charge in [0.25, 0.3) is 10.0 Å². The number of sulfonamides is 1. The van der Waals surface area contributed by atoms with Crippen molar-refractivity contribution in [2.45, 2.75) is 4.90 Å². The number of hydrogen-bond donors (Lipinski definition) is 0. The Morgan fingerprint density at radius 1 is 0.889 bits per heavy atom. The molecule has 1 heterocycles. The molecule has 10 heteroatoms. The number of ether oxygens (including phenoxy) is 2. The van der Waals surface area contributed by atoms with E-state index < -0.39 is 28.3 Å². The van der Waals surface area contributed by atoms with Gasteiger partial charge in [0.1, 0.15) is 12.4 Å². The van der Waals surface area contributed by atoms with E-state index in [4.69, 9.17) is 9.47 Å². The highest BCUT2D eigenvalue weighted by molar-refractivity contribution is 7.92. The third-order valence-electron chi connectivity index (χ3n) is 6.10. The maximum Gasteiger partial charge on any atom is 0.265 e. The SMILES string of the molecule is COc1ccc(S(=O)(=O)N(CC(=O)N2CCN(c3ccccc3)CC2)c2ccccc2F)cc1OC. The molecule has 3 aromatic carbocycles. The molecule has 8 nitrogen and oxygen atoms in total. The number of hydrogen-bond acceptors (Lipinski definition) is 6. The van der Waals surface area contributed by atoms with Crippen LogP contribution in [0, 0.1) is 5.82 Å². The molecule has 1 aliphatic rings. The fourth-order valence-electron chi connectivity index (χ4n) is 4.13. The smallest absolute Gasteiger partial charge is 0.265 e. The van der Waals surface area contributed by atoms with Crippen LogP contribution in [0.2, 0.25) is 0 Å². The molecular weight excluding hydrogens is 485 g/mol. The largest absolute Gasteiger partial charge is 0.493 e. The summed E-state index contributed by atoms with van der Waals surface area (Å²) < 4.78 is 53.4. The van der Waals surface area contributed by atoms with Crippen molar-refractivity contribution < 1.29 is 27.1 Å². The molecule has 0 aromatic heterocycles. The van der Waals surface area contributed by atoms with Crippen LogP contribution in [0.4, 0.5) is 15.8 Å². The van der Waals surface area contributed by atoms with Crippen LogP contribution in [0.15, 0.2) is 77.7 Å². The summed E-state index contributed by atoms with van der Waals surface area (Å²) in [7, 11) is -1.49. The van der Waals surface area contributed by atoms with Crippen molar-refractivity contribution in [3.05, 3.63) is 78.6 Å². The van der Waals surface area contributed by atoms with Crippen LogP contribution in [0.3, 0.4) is 0 Å². The predicted octanol–water partition coefficient (Wildman–Crippen LogP) is 3.39. The predicted molar refractivity (Wildman–Crippen MR) is 136 cm³/mol. The van der Waals surface area contributed by atoms with Crippen molar-refractivity contribution in [3.8, 4) is 11.5 Å². The molecular formula is C26H28FN3O5S. The van der Waals surface area contributed by atoms with Gasteiger partial charge in [-0.3, -0.25) is 9.10 Å². The van der Waals surface area contributed by atoms with Gasteiger partial charge in [0.05, 0.1) is 24.8 Å². The average molecular weight is 514 g/mol. The van der Waals surface area contributed by atoms with Gasteiger partial charge in [0.2, 0.25) is 5.91 Å². The van der Waals surface area contributed by atoms with E-state index in [1.165, 1.54) is 50.6 Å². The molecule has 0 spiro atoms. The normalized spacial score (nSPS) is 13.9. The third kappa shape index (κ3) is 5.23. The number of carbonyl (C=O) groups is 1. The van der Waals surface area contributed by atoms with Crippen LogP contribution in [-0.4, -0.2) is 66.2 Å². The second-order valence-corrected chi connectivity index (χ2v) is 10.0. The molecule has 0 aliphatic carbocycles. The second-order valence-electron chi connectivity index (χ2n) is 8.18. The Bertz CT molecular complexity index is 1310. The third-order valence-corrected chi connectivity index (χ3v) is 7.85. The summed E-state index contributed by atoms with van der Waals surface area (Å²) in [4.78, 5) is 16.9. The van der Waals surface area contributed by atoms with Crippen molar-refractivity contribution in [3.63, 3.8) is 0 Å². The van der Waals surface area contributed by atoms with Crippen molar-refractivity contribution in [2.75, 3.05) is 56.1 Å². The maximum absolute atomic E-state index is 14.8. The molecule has 36 heavy (non-hydrogen) atoms. The average Bonchev–Trinajstić information content (AvgIpc) is 2.92. The van der Waals surface area contributed by atoms with Gasteiger partial charge in [-0.1, -0.05) is 30.3 Å². The minimum Gasteiger partial charge on any atom is -0.493 e. The Kier molecular flexibility index (Phi) is 7.64. The molecule has 0 saturated carbocycles. The Morgan fingerprint density at radius 2 is 1.53 bits per heavy atom. The van der Waals surface area contributed by atoms with Gasteiger partial charge in [-0.2, -0.15) is 0 Å². The molecule has 0 bridgehead atoms. The van der Waals surface area contributed by atoms with Crippen LogP contribution in [-0.2, 0) is 14.8 Å². The molecule has 190 valence electrons. The molecule has 3 aromatic rings. The Morgan fingerprint density at radius 3 is 2.17 bits per heavy atom. The van der Waals surface area contributed by atoms with E-state index in [2.05, 4.69) is 4.90 Å². The fourth-order valence-corrected chi connectivity index (χ4v) is 5.57. The molecule has 1 aliphatic heterocycles. The van der Waals surface area contributed by atoms with Gasteiger partial charge in [-0.05, 0) is 36.4 Å². The van der Waals surface area contributed by atoms with Gasteiger partial charge in [0, 0.05) is 37.9 Å². The number of methoxy groups -OCH3 is 2. The Balaban J connectivity index is 1.59. The molecule has 0 radical (unpaired) electrons. The highest BCUT2D eigenvalue weighted by atomic mass is 32.2. The Labute approximate surface area is 210 Å². The summed E-state index contributed by atoms with van der Waals surface area (Å²) >= 11 is 0. The monoisotopic (exact) mass is 513 g/mol. The van der Waals surface area contributed by atoms with Gasteiger partial charge >= 0.3 is 0 Å². The number of para-hydroxylation sites is 2. The summed E-state index contributed by atoms with van der Waals surface area (Å²) in [6.45, 7) is 1.53. The molecule has 0 atom stereocenters. The molecule has 4 rings (SSSR count). The molecule has 1 amide bonds. The molecule has 1 saturated heterocycles. The van der Waals surface area contributed by atoms with Gasteiger partial charge in [-0.15, -0.1) is 0 Å². The Hall–Kier alpha value is -3.79. The van der Waals surface area contributed by atoms with E-state index in [1.54, 1.807) is 4.90 Å². The maximum atomic E-state index is 14.8. The van der Waals surface area contributed by atoms with Crippen molar-refractivity contribution in [2.24, 2.45) is 0 Å². The first-order valence-electron chi connectivity index (χ1n) is 11.4. The number of anilines is 2. The van der Waals surface area contributed by atoms with Gasteiger partial charge in [0.15, 0.2) is 11.5 Å². The van der Waals surface area contributed by atoms with E-state index in [9.17, 15) is 17.6 Å². The summed E-state index contributed by atoms with van der Waals surface area (Å²) in [5.74, 6) is -0.602. The van der Waals surface area contributed by atoms with Crippen LogP contribution < -0.4 is 18.7 Å². The lowest BCUT2D eigenvalue weighted by Crippen LogP contribution is -2.52. The molecule has 1 fully saturated rings. The zero-order chi connectivity index (χ0) is 25.7. The second kappa shape index (κ2) is 10.9. The fraction of sp³-hybridized carbons (Fsp3) is 0.269. The standard InChI is InChI=1S/C26H28FN3O5S/c1-34-24-13-12-21(18-25(24)35-2)36(32,33)30(23-11-7-6-10-22(23)27)19-26(31)29-16-14-28(15-17-29)20-8-4-3-5-9-20/h3-13,18H,14-17,19H2,1-2H3. The van der Waals surface area contributed by atoms with E-state index >= 15 is 0 Å². The summed E-state index contributed by atoms with van der Waals surface area (Å²) in [6.07, 6.45) is 0. The van der Waals surface area contributed by atoms with E-state index in [0.29, 0.717) is 31.9 Å². The first-order valence-corrected chi connectivity index (χ1v) is 12.9. The van der Waals surface area contributed by atoms with Crippen LogP contribution in [0.25, 0.3) is 0 Å². The van der Waals surface area contributed by atoms with Crippen LogP contribution in [0.1, 0.15) is 0 Å². The van der Waals surface area contributed by atoms with Crippen molar-refractivity contribution >= 4 is 27.3 Å². The number of nitrogens with zero attached hydrogens (tertiary/aromatic N) is 3. The number of carbonyl (C=O) groups excluding carboxylic acids is 1. The highest BCUT2D eigenvalue weighted by Crippen LogP contribution is 2.33. The van der Waals surface area contributed by atoms with Crippen LogP contribution in [0.5, 0.6) is 11.5 Å². The number of halogens is 1. The molecule has 0 N–H and O–H groups in total. The topological polar surface area (TPSA) is 79.4 Å². The van der Waals surface area contributed by atoms with E-state index in [-0.39, 0.29) is 16.3 Å². The first kappa shape index (κ1) is 25.3. The minimum atomic E-state index is -4.32. The van der Waals surface area contributed by atoms with Crippen LogP contribution >= 0.6 is 0 Å². The summed E-state index contributed by atoms with van der Waals surface area (Å²) in [5.41, 5.74) is 0.858. The van der Waals surface area contributed by atoms with E-state index in [1.807, 2.05) is 30.3 Å². The lowest BCUT2D eigenvalue weighted by atomic mass is 10.2. The quantitative estimate of drug-likeness (QED) is 0.460. The number of benzene rings is 3. The van der Waals surface area contributed by atoms with Gasteiger partial charge < -0.3 is 19.3 Å². The molecule has 0 unspecified atom stereocenters.